The zero-order valence-corrected chi connectivity index (χ0v) is 13.0. The quantitative estimate of drug-likeness (QED) is 0.827. The molecule has 3 heteroatoms. The molecule has 106 valence electrons. The summed E-state index contributed by atoms with van der Waals surface area (Å²) in [5.41, 5.74) is 0.577. The molecule has 0 radical (unpaired) electrons. The van der Waals surface area contributed by atoms with Crippen LogP contribution in [0.25, 0.3) is 0 Å². The van der Waals surface area contributed by atoms with E-state index in [4.69, 9.17) is 0 Å². The third kappa shape index (κ3) is 3.88. The minimum absolute atomic E-state index is 0.577. The highest BCUT2D eigenvalue weighted by atomic mass is 32.2. The molecular formula is C15H30N2S. The maximum Gasteiger partial charge on any atom is 0.0172 e. The summed E-state index contributed by atoms with van der Waals surface area (Å²) < 4.78 is 0. The summed E-state index contributed by atoms with van der Waals surface area (Å²) in [6.07, 6.45) is 8.56. The van der Waals surface area contributed by atoms with Gasteiger partial charge in [-0.15, -0.1) is 0 Å². The molecule has 0 aromatic heterocycles. The molecule has 2 nitrogen and oxygen atoms in total. The Morgan fingerprint density at radius 3 is 2.72 bits per heavy atom. The molecular weight excluding hydrogens is 240 g/mol. The van der Waals surface area contributed by atoms with E-state index in [-0.39, 0.29) is 0 Å². The average Bonchev–Trinajstić information content (AvgIpc) is 2.40. The topological polar surface area (TPSA) is 15.3 Å². The summed E-state index contributed by atoms with van der Waals surface area (Å²) >= 11 is 2.18. The number of hydrogen-bond donors (Lipinski definition) is 1. The van der Waals surface area contributed by atoms with Gasteiger partial charge >= 0.3 is 0 Å². The van der Waals surface area contributed by atoms with Gasteiger partial charge in [-0.3, -0.25) is 0 Å². The average molecular weight is 270 g/mol. The fourth-order valence-corrected chi connectivity index (χ4v) is 4.96. The molecule has 0 spiro atoms. The predicted octanol–water partition coefficient (Wildman–Crippen LogP) is 2.98. The van der Waals surface area contributed by atoms with Crippen LogP contribution < -0.4 is 5.32 Å². The van der Waals surface area contributed by atoms with Crippen molar-refractivity contribution in [2.24, 2.45) is 5.41 Å². The van der Waals surface area contributed by atoms with Gasteiger partial charge in [0, 0.05) is 37.2 Å². The molecule has 0 amide bonds. The molecule has 0 aromatic rings. The molecule has 1 saturated heterocycles. The maximum absolute atomic E-state index is 3.46. The van der Waals surface area contributed by atoms with Crippen molar-refractivity contribution in [2.75, 3.05) is 39.0 Å². The summed E-state index contributed by atoms with van der Waals surface area (Å²) in [5.74, 6) is 1.34. The first kappa shape index (κ1) is 14.7. The van der Waals surface area contributed by atoms with Crippen molar-refractivity contribution in [1.29, 1.82) is 0 Å². The van der Waals surface area contributed by atoms with Crippen LogP contribution in [0.4, 0.5) is 0 Å². The smallest absolute Gasteiger partial charge is 0.0172 e. The van der Waals surface area contributed by atoms with Crippen molar-refractivity contribution in [2.45, 2.75) is 50.7 Å². The van der Waals surface area contributed by atoms with Gasteiger partial charge in [0.25, 0.3) is 0 Å². The van der Waals surface area contributed by atoms with Crippen molar-refractivity contribution in [1.82, 2.24) is 10.2 Å². The predicted molar refractivity (Wildman–Crippen MR) is 82.4 cm³/mol. The zero-order chi connectivity index (χ0) is 12.8. The highest BCUT2D eigenvalue weighted by molar-refractivity contribution is 8.00. The summed E-state index contributed by atoms with van der Waals surface area (Å²) in [6.45, 7) is 7.53. The molecule has 0 bridgehead atoms. The SMILES string of the molecule is CCC1CN(CC2(CNC)CCCCC2)CCS1. The van der Waals surface area contributed by atoms with Gasteiger partial charge in [-0.1, -0.05) is 26.2 Å². The van der Waals surface area contributed by atoms with Crippen molar-refractivity contribution in [3.05, 3.63) is 0 Å². The lowest BCUT2D eigenvalue weighted by atomic mass is 9.73. The zero-order valence-electron chi connectivity index (χ0n) is 12.2. The van der Waals surface area contributed by atoms with E-state index in [1.165, 1.54) is 70.5 Å². The summed E-state index contributed by atoms with van der Waals surface area (Å²) in [6, 6.07) is 0. The van der Waals surface area contributed by atoms with Gasteiger partial charge in [-0.05, 0) is 31.7 Å². The molecule has 1 unspecified atom stereocenters. The van der Waals surface area contributed by atoms with Crippen LogP contribution in [-0.2, 0) is 0 Å². The largest absolute Gasteiger partial charge is 0.319 e. The van der Waals surface area contributed by atoms with Crippen LogP contribution in [0, 0.1) is 5.41 Å². The second-order valence-corrected chi connectivity index (χ2v) is 7.64. The molecule has 18 heavy (non-hydrogen) atoms. The highest BCUT2D eigenvalue weighted by Gasteiger charge is 2.34. The Bertz CT molecular complexity index is 233. The third-order valence-electron chi connectivity index (χ3n) is 4.70. The Hall–Kier alpha value is 0.270. The Kier molecular flexibility index (Phi) is 5.84. The van der Waals surface area contributed by atoms with E-state index in [1.54, 1.807) is 0 Å². The molecule has 1 N–H and O–H groups in total. The summed E-state index contributed by atoms with van der Waals surface area (Å²) in [7, 11) is 2.12. The van der Waals surface area contributed by atoms with Gasteiger partial charge in [0.1, 0.15) is 0 Å². The van der Waals surface area contributed by atoms with E-state index in [1.807, 2.05) is 0 Å². The molecule has 1 aliphatic heterocycles. The van der Waals surface area contributed by atoms with Crippen molar-refractivity contribution < 1.29 is 0 Å². The van der Waals surface area contributed by atoms with Crippen molar-refractivity contribution in [3.63, 3.8) is 0 Å². The second-order valence-electron chi connectivity index (χ2n) is 6.23. The lowest BCUT2D eigenvalue weighted by Gasteiger charge is -2.43. The van der Waals surface area contributed by atoms with Crippen LogP contribution in [0.5, 0.6) is 0 Å². The minimum atomic E-state index is 0.577. The van der Waals surface area contributed by atoms with Crippen LogP contribution in [-0.4, -0.2) is 49.1 Å². The van der Waals surface area contributed by atoms with E-state index in [9.17, 15) is 0 Å². The molecule has 1 heterocycles. The maximum atomic E-state index is 3.46. The number of nitrogens with one attached hydrogen (secondary N) is 1. The number of rotatable bonds is 5. The molecule has 1 aliphatic carbocycles. The van der Waals surface area contributed by atoms with Crippen molar-refractivity contribution >= 4 is 11.8 Å². The van der Waals surface area contributed by atoms with Gasteiger partial charge < -0.3 is 10.2 Å². The number of thioether (sulfide) groups is 1. The fraction of sp³-hybridized carbons (Fsp3) is 1.00. The van der Waals surface area contributed by atoms with Gasteiger partial charge in [-0.2, -0.15) is 11.8 Å². The molecule has 0 aromatic carbocycles. The molecule has 1 saturated carbocycles. The van der Waals surface area contributed by atoms with E-state index < -0.39 is 0 Å². The van der Waals surface area contributed by atoms with Crippen LogP contribution in [0.15, 0.2) is 0 Å². The summed E-state index contributed by atoms with van der Waals surface area (Å²) in [4.78, 5) is 2.76. The summed E-state index contributed by atoms with van der Waals surface area (Å²) in [5, 5.41) is 4.34. The minimum Gasteiger partial charge on any atom is -0.319 e. The van der Waals surface area contributed by atoms with E-state index >= 15 is 0 Å². The van der Waals surface area contributed by atoms with Crippen LogP contribution in [0.2, 0.25) is 0 Å². The number of hydrogen-bond acceptors (Lipinski definition) is 3. The first-order valence-corrected chi connectivity index (χ1v) is 8.81. The molecule has 2 rings (SSSR count). The normalized spacial score (nSPS) is 29.3. The van der Waals surface area contributed by atoms with E-state index in [2.05, 4.69) is 35.9 Å². The standard InChI is InChI=1S/C15H30N2S/c1-3-14-11-17(9-10-18-14)13-15(12-16-2)7-5-4-6-8-15/h14,16H,3-13H2,1-2H3. The van der Waals surface area contributed by atoms with Crippen LogP contribution in [0.3, 0.4) is 0 Å². The van der Waals surface area contributed by atoms with Crippen LogP contribution >= 0.6 is 11.8 Å². The Balaban J connectivity index is 1.91. The number of nitrogens with zero attached hydrogens (tertiary/aromatic N) is 1. The molecule has 2 aliphatic rings. The third-order valence-corrected chi connectivity index (χ3v) is 6.08. The lowest BCUT2D eigenvalue weighted by Crippen LogP contribution is -2.48. The van der Waals surface area contributed by atoms with E-state index in [0.29, 0.717) is 5.41 Å². The van der Waals surface area contributed by atoms with Gasteiger partial charge in [0.05, 0.1) is 0 Å². The first-order valence-electron chi connectivity index (χ1n) is 7.76. The molecule has 2 fully saturated rings. The van der Waals surface area contributed by atoms with E-state index in [0.717, 1.165) is 5.25 Å². The Morgan fingerprint density at radius 1 is 1.28 bits per heavy atom. The monoisotopic (exact) mass is 270 g/mol. The highest BCUT2D eigenvalue weighted by Crippen LogP contribution is 2.37. The fourth-order valence-electron chi connectivity index (χ4n) is 3.71. The van der Waals surface area contributed by atoms with Gasteiger partial charge in [-0.25, -0.2) is 0 Å². The van der Waals surface area contributed by atoms with Crippen LogP contribution in [0.1, 0.15) is 45.4 Å². The van der Waals surface area contributed by atoms with Gasteiger partial charge in [0.2, 0.25) is 0 Å². The second kappa shape index (κ2) is 7.16. The Labute approximate surface area is 117 Å². The molecule has 1 atom stereocenters. The van der Waals surface area contributed by atoms with Crippen molar-refractivity contribution in [3.8, 4) is 0 Å². The van der Waals surface area contributed by atoms with Gasteiger partial charge in [0.15, 0.2) is 0 Å². The first-order chi connectivity index (χ1) is 8.78. The Morgan fingerprint density at radius 2 is 2.06 bits per heavy atom. The lowest BCUT2D eigenvalue weighted by molar-refractivity contribution is 0.106.